The van der Waals surface area contributed by atoms with Gasteiger partial charge in [0, 0.05) is 25.8 Å². The minimum absolute atomic E-state index is 0.0472. The molecule has 1 aromatic rings. The Morgan fingerprint density at radius 2 is 1.97 bits per heavy atom. The van der Waals surface area contributed by atoms with Crippen LogP contribution in [0, 0.1) is 0 Å². The fourth-order valence-electron chi connectivity index (χ4n) is 5.93. The van der Waals surface area contributed by atoms with Crippen LogP contribution < -0.4 is 5.32 Å². The van der Waals surface area contributed by atoms with Crippen LogP contribution >= 0.6 is 0 Å². The molecule has 1 atom stereocenters. The van der Waals surface area contributed by atoms with Crippen LogP contribution in [0.15, 0.2) is 35.9 Å². The van der Waals surface area contributed by atoms with E-state index in [9.17, 15) is 9.59 Å². The van der Waals surface area contributed by atoms with Crippen LogP contribution in [-0.4, -0.2) is 49.1 Å². The number of hydrogen-bond acceptors (Lipinski definition) is 3. The summed E-state index contributed by atoms with van der Waals surface area (Å²) >= 11 is 0. The Kier molecular flexibility index (Phi) is 7.11. The zero-order valence-corrected chi connectivity index (χ0v) is 18.8. The average Bonchev–Trinajstić information content (AvgIpc) is 2.80. The molecule has 0 aromatic heterocycles. The Morgan fingerprint density at radius 3 is 2.71 bits per heavy atom. The largest absolute Gasteiger partial charge is 0.383 e. The van der Waals surface area contributed by atoms with Crippen LogP contribution in [0.25, 0.3) is 0 Å². The molecule has 0 radical (unpaired) electrons. The van der Waals surface area contributed by atoms with Crippen LogP contribution in [-0.2, 0) is 9.53 Å². The summed E-state index contributed by atoms with van der Waals surface area (Å²) in [7, 11) is 1.67. The first-order valence-corrected chi connectivity index (χ1v) is 12.0. The molecule has 168 valence electrons. The molecule has 0 saturated heterocycles. The van der Waals surface area contributed by atoms with Crippen molar-refractivity contribution in [3.8, 4) is 0 Å². The van der Waals surface area contributed by atoms with Gasteiger partial charge in [0.1, 0.15) is 0 Å². The van der Waals surface area contributed by atoms with E-state index in [2.05, 4.69) is 11.4 Å². The zero-order valence-electron chi connectivity index (χ0n) is 18.8. The smallest absolute Gasteiger partial charge is 0.254 e. The highest BCUT2D eigenvalue weighted by Crippen LogP contribution is 2.49. The Bertz CT molecular complexity index is 826. The summed E-state index contributed by atoms with van der Waals surface area (Å²) in [6.07, 6.45) is 13.2. The van der Waals surface area contributed by atoms with E-state index in [0.29, 0.717) is 25.3 Å². The predicted octanol–water partition coefficient (Wildman–Crippen LogP) is 4.58. The molecule has 1 spiro atoms. The fraction of sp³-hybridized carbons (Fsp3) is 0.615. The fourth-order valence-corrected chi connectivity index (χ4v) is 5.93. The SMILES string of the molecule is COCCN1C(=O)c2ccccc2[C@H](C(=O)NCCC2=CCCCC2)C12CCCCC2. The van der Waals surface area contributed by atoms with Gasteiger partial charge in [-0.15, -0.1) is 0 Å². The lowest BCUT2D eigenvalue weighted by molar-refractivity contribution is -0.127. The highest BCUT2D eigenvalue weighted by atomic mass is 16.5. The maximum atomic E-state index is 13.7. The third-order valence-electron chi connectivity index (χ3n) is 7.45. The number of nitrogens with zero attached hydrogens (tertiary/aromatic N) is 1. The van der Waals surface area contributed by atoms with E-state index >= 15 is 0 Å². The number of fused-ring (bicyclic) bond motifs is 1. The monoisotopic (exact) mass is 424 g/mol. The molecule has 1 saturated carbocycles. The Labute approximate surface area is 186 Å². The van der Waals surface area contributed by atoms with Crippen LogP contribution in [0.2, 0.25) is 0 Å². The standard InChI is InChI=1S/C26H36N2O3/c1-31-19-18-28-25(30)22-13-7-6-12-21(22)23(26(28)15-8-3-9-16-26)24(29)27-17-14-20-10-4-2-5-11-20/h6-7,10,12-13,23H,2-5,8-9,11,14-19H2,1H3,(H,27,29)/t23-/m1/s1. The summed E-state index contributed by atoms with van der Waals surface area (Å²) in [5.41, 5.74) is 2.60. The summed E-state index contributed by atoms with van der Waals surface area (Å²) in [6, 6.07) is 7.72. The molecule has 0 unspecified atom stereocenters. The normalized spacial score (nSPS) is 22.7. The highest BCUT2D eigenvalue weighted by Gasteiger charge is 2.54. The molecule has 5 heteroatoms. The predicted molar refractivity (Wildman–Crippen MR) is 122 cm³/mol. The number of rotatable bonds is 7. The van der Waals surface area contributed by atoms with Gasteiger partial charge < -0.3 is 15.0 Å². The van der Waals surface area contributed by atoms with E-state index in [1.807, 2.05) is 29.2 Å². The number of methoxy groups -OCH3 is 1. The van der Waals surface area contributed by atoms with Crippen molar-refractivity contribution in [3.05, 3.63) is 47.0 Å². The number of ether oxygens (including phenoxy) is 1. The van der Waals surface area contributed by atoms with Gasteiger partial charge in [0.25, 0.3) is 5.91 Å². The van der Waals surface area contributed by atoms with Crippen LogP contribution in [0.4, 0.5) is 0 Å². The van der Waals surface area contributed by atoms with E-state index in [0.717, 1.165) is 50.5 Å². The van der Waals surface area contributed by atoms with Gasteiger partial charge in [-0.25, -0.2) is 0 Å². The van der Waals surface area contributed by atoms with Crippen molar-refractivity contribution >= 4 is 11.8 Å². The molecule has 3 aliphatic rings. The number of hydrogen-bond donors (Lipinski definition) is 1. The van der Waals surface area contributed by atoms with Crippen molar-refractivity contribution in [2.45, 2.75) is 75.7 Å². The molecule has 2 amide bonds. The zero-order chi connectivity index (χ0) is 21.7. The molecule has 0 bridgehead atoms. The first kappa shape index (κ1) is 22.1. The summed E-state index contributed by atoms with van der Waals surface area (Å²) in [4.78, 5) is 29.2. The third-order valence-corrected chi connectivity index (χ3v) is 7.45. The van der Waals surface area contributed by atoms with Gasteiger partial charge in [-0.2, -0.15) is 0 Å². The number of carbonyl (C=O) groups excluding carboxylic acids is 2. The number of benzene rings is 1. The van der Waals surface area contributed by atoms with Gasteiger partial charge in [0.15, 0.2) is 0 Å². The summed E-state index contributed by atoms with van der Waals surface area (Å²) < 4.78 is 5.34. The minimum Gasteiger partial charge on any atom is -0.383 e. The Balaban J connectivity index is 1.62. The van der Waals surface area contributed by atoms with Crippen molar-refractivity contribution in [3.63, 3.8) is 0 Å². The first-order chi connectivity index (χ1) is 15.2. The molecule has 5 nitrogen and oxygen atoms in total. The molecule has 1 aliphatic heterocycles. The van der Waals surface area contributed by atoms with E-state index in [-0.39, 0.29) is 17.7 Å². The topological polar surface area (TPSA) is 58.6 Å². The molecule has 1 N–H and O–H groups in total. The first-order valence-electron chi connectivity index (χ1n) is 12.0. The van der Waals surface area contributed by atoms with Gasteiger partial charge in [-0.05, 0) is 56.6 Å². The van der Waals surface area contributed by atoms with Crippen LogP contribution in [0.5, 0.6) is 0 Å². The number of carbonyl (C=O) groups is 2. The molecule has 1 heterocycles. The number of nitrogens with one attached hydrogen (secondary N) is 1. The maximum absolute atomic E-state index is 13.7. The van der Waals surface area contributed by atoms with Crippen LogP contribution in [0.1, 0.15) is 86.0 Å². The lowest BCUT2D eigenvalue weighted by atomic mass is 9.65. The van der Waals surface area contributed by atoms with Gasteiger partial charge in [-0.1, -0.05) is 49.1 Å². The highest BCUT2D eigenvalue weighted by molar-refractivity contribution is 6.02. The van der Waals surface area contributed by atoms with Crippen molar-refractivity contribution in [2.75, 3.05) is 26.8 Å². The number of allylic oxidation sites excluding steroid dienone is 1. The van der Waals surface area contributed by atoms with Gasteiger partial charge >= 0.3 is 0 Å². The second-order valence-corrected chi connectivity index (χ2v) is 9.28. The summed E-state index contributed by atoms with van der Waals surface area (Å²) in [6.45, 7) is 1.68. The van der Waals surface area contributed by atoms with Gasteiger partial charge in [0.05, 0.1) is 18.1 Å². The summed E-state index contributed by atoms with van der Waals surface area (Å²) in [5, 5.41) is 3.25. The molecule has 31 heavy (non-hydrogen) atoms. The Hall–Kier alpha value is -2.14. The van der Waals surface area contributed by atoms with E-state index in [1.165, 1.54) is 24.8 Å². The van der Waals surface area contributed by atoms with E-state index in [4.69, 9.17) is 4.74 Å². The lowest BCUT2D eigenvalue weighted by Gasteiger charge is -2.53. The quantitative estimate of drug-likeness (QED) is 0.652. The van der Waals surface area contributed by atoms with Crippen molar-refractivity contribution in [1.82, 2.24) is 10.2 Å². The average molecular weight is 425 g/mol. The molecule has 1 fully saturated rings. The second-order valence-electron chi connectivity index (χ2n) is 9.28. The molecular weight excluding hydrogens is 388 g/mol. The van der Waals surface area contributed by atoms with Crippen LogP contribution in [0.3, 0.4) is 0 Å². The van der Waals surface area contributed by atoms with E-state index < -0.39 is 5.54 Å². The second kappa shape index (κ2) is 9.99. The minimum atomic E-state index is -0.448. The van der Waals surface area contributed by atoms with Crippen molar-refractivity contribution in [2.24, 2.45) is 0 Å². The van der Waals surface area contributed by atoms with Crippen molar-refractivity contribution < 1.29 is 14.3 Å². The molecule has 1 aromatic carbocycles. The van der Waals surface area contributed by atoms with Gasteiger partial charge in [-0.3, -0.25) is 9.59 Å². The summed E-state index contributed by atoms with van der Waals surface area (Å²) in [5.74, 6) is -0.203. The molecule has 4 rings (SSSR count). The third kappa shape index (κ3) is 4.43. The van der Waals surface area contributed by atoms with Crippen molar-refractivity contribution in [1.29, 1.82) is 0 Å². The number of amides is 2. The lowest BCUT2D eigenvalue weighted by Crippen LogP contribution is -2.63. The molecule has 2 aliphatic carbocycles. The maximum Gasteiger partial charge on any atom is 0.254 e. The molecular formula is C26H36N2O3. The van der Waals surface area contributed by atoms with Gasteiger partial charge in [0.2, 0.25) is 5.91 Å². The Morgan fingerprint density at radius 1 is 1.16 bits per heavy atom. The van der Waals surface area contributed by atoms with E-state index in [1.54, 1.807) is 7.11 Å².